The molecule has 0 spiro atoms. The second-order valence-corrected chi connectivity index (χ2v) is 6.71. The summed E-state index contributed by atoms with van der Waals surface area (Å²) >= 11 is 13.8. The summed E-state index contributed by atoms with van der Waals surface area (Å²) in [6.45, 7) is 0.501. The molecule has 0 bridgehead atoms. The molecule has 1 aromatic carbocycles. The Hall–Kier alpha value is -1.31. The van der Waals surface area contributed by atoms with E-state index in [2.05, 4.69) is 9.97 Å². The van der Waals surface area contributed by atoms with Gasteiger partial charge in [0, 0.05) is 11.9 Å². The van der Waals surface area contributed by atoms with Crippen LogP contribution in [-0.2, 0) is 17.2 Å². The quantitative estimate of drug-likeness (QED) is 0.493. The van der Waals surface area contributed by atoms with Gasteiger partial charge >= 0.3 is 0 Å². The summed E-state index contributed by atoms with van der Waals surface area (Å²) in [5.41, 5.74) is 2.56. The average molecular weight is 384 g/mol. The molecular weight excluding hydrogens is 369 g/mol. The van der Waals surface area contributed by atoms with Gasteiger partial charge in [0.05, 0.1) is 40.0 Å². The molecule has 0 saturated heterocycles. The summed E-state index contributed by atoms with van der Waals surface area (Å²) in [6, 6.07) is 9.33. The zero-order valence-corrected chi connectivity index (χ0v) is 15.0. The molecule has 3 aromatic rings. The Morgan fingerprint density at radius 3 is 2.79 bits per heavy atom. The SMILES string of the molecule is OCCOCn1c(SCc2ccccn2)nc2cc(Cl)c(Cl)cc21. The molecule has 0 aliphatic rings. The molecule has 0 aliphatic carbocycles. The van der Waals surface area contributed by atoms with Gasteiger partial charge in [-0.1, -0.05) is 41.0 Å². The van der Waals surface area contributed by atoms with Crippen molar-refractivity contribution in [3.8, 4) is 0 Å². The molecule has 3 rings (SSSR count). The van der Waals surface area contributed by atoms with E-state index in [-0.39, 0.29) is 19.9 Å². The predicted octanol–water partition coefficient (Wildman–Crippen LogP) is 4.00. The number of ether oxygens (including phenoxy) is 1. The second-order valence-electron chi connectivity index (χ2n) is 4.95. The molecule has 0 atom stereocenters. The van der Waals surface area contributed by atoms with E-state index in [1.165, 1.54) is 0 Å². The van der Waals surface area contributed by atoms with Gasteiger partial charge in [0.1, 0.15) is 6.73 Å². The molecule has 2 heterocycles. The van der Waals surface area contributed by atoms with Crippen LogP contribution >= 0.6 is 35.0 Å². The van der Waals surface area contributed by atoms with Gasteiger partial charge in [-0.05, 0) is 24.3 Å². The average Bonchev–Trinajstić information content (AvgIpc) is 2.91. The highest BCUT2D eigenvalue weighted by Gasteiger charge is 2.14. The first-order chi connectivity index (χ1) is 11.7. The van der Waals surface area contributed by atoms with Crippen LogP contribution in [0, 0.1) is 0 Å². The Kier molecular flexibility index (Phi) is 5.97. The number of benzene rings is 1. The number of halogens is 2. The van der Waals surface area contributed by atoms with Crippen LogP contribution in [-0.4, -0.2) is 32.9 Å². The van der Waals surface area contributed by atoms with E-state index >= 15 is 0 Å². The first kappa shape index (κ1) is 17.5. The number of aromatic nitrogens is 3. The maximum Gasteiger partial charge on any atom is 0.171 e. The molecule has 24 heavy (non-hydrogen) atoms. The lowest BCUT2D eigenvalue weighted by molar-refractivity contribution is 0.0461. The molecule has 126 valence electrons. The maximum atomic E-state index is 8.91. The van der Waals surface area contributed by atoms with E-state index in [0.717, 1.165) is 21.9 Å². The van der Waals surface area contributed by atoms with Gasteiger partial charge in [-0.3, -0.25) is 9.55 Å². The number of pyridine rings is 1. The topological polar surface area (TPSA) is 60.2 Å². The van der Waals surface area contributed by atoms with Gasteiger partial charge in [0.25, 0.3) is 0 Å². The zero-order valence-electron chi connectivity index (χ0n) is 12.7. The summed E-state index contributed by atoms with van der Waals surface area (Å²) in [5, 5.41) is 10.6. The Labute approximate surface area is 153 Å². The summed E-state index contributed by atoms with van der Waals surface area (Å²) in [7, 11) is 0. The Balaban J connectivity index is 1.90. The van der Waals surface area contributed by atoms with Gasteiger partial charge in [0.15, 0.2) is 5.16 Å². The van der Waals surface area contributed by atoms with Crippen LogP contribution in [0.25, 0.3) is 11.0 Å². The van der Waals surface area contributed by atoms with Crippen molar-refractivity contribution < 1.29 is 9.84 Å². The van der Waals surface area contributed by atoms with E-state index in [9.17, 15) is 0 Å². The van der Waals surface area contributed by atoms with Gasteiger partial charge in [-0.25, -0.2) is 4.98 Å². The van der Waals surface area contributed by atoms with Crippen molar-refractivity contribution in [3.63, 3.8) is 0 Å². The fraction of sp³-hybridized carbons (Fsp3) is 0.250. The van der Waals surface area contributed by atoms with Crippen LogP contribution in [0.3, 0.4) is 0 Å². The zero-order chi connectivity index (χ0) is 16.9. The molecule has 2 aromatic heterocycles. The van der Waals surface area contributed by atoms with Crippen LogP contribution in [0.1, 0.15) is 5.69 Å². The molecule has 0 radical (unpaired) electrons. The summed E-state index contributed by atoms with van der Waals surface area (Å²) in [5.74, 6) is 0.686. The number of nitrogens with zero attached hydrogens (tertiary/aromatic N) is 3. The number of hydrogen-bond acceptors (Lipinski definition) is 5. The predicted molar refractivity (Wildman–Crippen MR) is 96.6 cm³/mol. The summed E-state index contributed by atoms with van der Waals surface area (Å²) in [6.07, 6.45) is 1.77. The number of rotatable bonds is 7. The van der Waals surface area contributed by atoms with Crippen LogP contribution in [0.2, 0.25) is 10.0 Å². The van der Waals surface area contributed by atoms with Gasteiger partial charge in [0.2, 0.25) is 0 Å². The van der Waals surface area contributed by atoms with Crippen LogP contribution in [0.4, 0.5) is 0 Å². The third-order valence-corrected chi connectivity index (χ3v) is 5.02. The molecule has 0 fully saturated rings. The molecule has 8 heteroatoms. The van der Waals surface area contributed by atoms with Crippen molar-refractivity contribution in [3.05, 3.63) is 52.3 Å². The number of thioether (sulfide) groups is 1. The van der Waals surface area contributed by atoms with Crippen LogP contribution in [0.5, 0.6) is 0 Å². The van der Waals surface area contributed by atoms with Crippen molar-refractivity contribution >= 4 is 46.0 Å². The minimum atomic E-state index is -0.0321. The van der Waals surface area contributed by atoms with Gasteiger partial charge in [-0.15, -0.1) is 0 Å². The lowest BCUT2D eigenvalue weighted by atomic mass is 10.3. The van der Waals surface area contributed by atoms with Gasteiger partial charge < -0.3 is 9.84 Å². The van der Waals surface area contributed by atoms with Crippen LogP contribution < -0.4 is 0 Å². The van der Waals surface area contributed by atoms with Crippen LogP contribution in [0.15, 0.2) is 41.7 Å². The standard InChI is InChI=1S/C16H15Cl2N3O2S/c17-12-7-14-15(8-13(12)18)21(10-23-6-5-22)16(20-14)24-9-11-3-1-2-4-19-11/h1-4,7-8,22H,5-6,9-10H2. The highest BCUT2D eigenvalue weighted by atomic mass is 35.5. The summed E-state index contributed by atoms with van der Waals surface area (Å²) in [4.78, 5) is 8.94. The third-order valence-electron chi connectivity index (χ3n) is 3.29. The van der Waals surface area contributed by atoms with E-state index < -0.39 is 0 Å². The molecular formula is C16H15Cl2N3O2S. The van der Waals surface area contributed by atoms with Crippen molar-refractivity contribution in [2.24, 2.45) is 0 Å². The largest absolute Gasteiger partial charge is 0.394 e. The minimum absolute atomic E-state index is 0.0321. The Bertz CT molecular complexity index is 827. The summed E-state index contributed by atoms with van der Waals surface area (Å²) < 4.78 is 7.38. The number of fused-ring (bicyclic) bond motifs is 1. The number of imidazole rings is 1. The van der Waals surface area contributed by atoms with E-state index in [4.69, 9.17) is 33.0 Å². The third kappa shape index (κ3) is 4.02. The van der Waals surface area contributed by atoms with E-state index in [0.29, 0.717) is 15.8 Å². The monoisotopic (exact) mass is 383 g/mol. The maximum absolute atomic E-state index is 8.91. The van der Waals surface area contributed by atoms with E-state index in [1.54, 1.807) is 30.1 Å². The fourth-order valence-electron chi connectivity index (χ4n) is 2.18. The highest BCUT2D eigenvalue weighted by molar-refractivity contribution is 7.98. The number of hydrogen-bond donors (Lipinski definition) is 1. The molecule has 5 nitrogen and oxygen atoms in total. The fourth-order valence-corrected chi connectivity index (χ4v) is 3.41. The minimum Gasteiger partial charge on any atom is -0.394 e. The second kappa shape index (κ2) is 8.18. The number of aliphatic hydroxyl groups excluding tert-OH is 1. The van der Waals surface area contributed by atoms with E-state index in [1.807, 2.05) is 22.8 Å². The molecule has 1 N–H and O–H groups in total. The Morgan fingerprint density at radius 2 is 2.04 bits per heavy atom. The molecule has 0 saturated carbocycles. The van der Waals surface area contributed by atoms with Crippen molar-refractivity contribution in [2.45, 2.75) is 17.6 Å². The van der Waals surface area contributed by atoms with Crippen molar-refractivity contribution in [1.82, 2.24) is 14.5 Å². The Morgan fingerprint density at radius 1 is 1.21 bits per heavy atom. The van der Waals surface area contributed by atoms with Crippen molar-refractivity contribution in [2.75, 3.05) is 13.2 Å². The lowest BCUT2D eigenvalue weighted by Gasteiger charge is -2.09. The normalized spacial score (nSPS) is 11.3. The molecule has 0 aliphatic heterocycles. The lowest BCUT2D eigenvalue weighted by Crippen LogP contribution is -2.07. The van der Waals surface area contributed by atoms with Crippen molar-refractivity contribution in [1.29, 1.82) is 0 Å². The first-order valence-corrected chi connectivity index (χ1v) is 9.00. The first-order valence-electron chi connectivity index (χ1n) is 7.25. The van der Waals surface area contributed by atoms with Gasteiger partial charge in [-0.2, -0.15) is 0 Å². The number of aliphatic hydroxyl groups is 1. The smallest absolute Gasteiger partial charge is 0.171 e. The molecule has 0 unspecified atom stereocenters. The highest BCUT2D eigenvalue weighted by Crippen LogP contribution is 2.32. The molecule has 0 amide bonds.